The van der Waals surface area contributed by atoms with Gasteiger partial charge in [-0.25, -0.2) is 9.97 Å². The molecular formula is C57H49F6N15O6S2. The number of carbonyl (C=O) groups excluding carboxylic acids is 4. The number of aromatic nitrogens is 7. The summed E-state index contributed by atoms with van der Waals surface area (Å²) in [5.41, 5.74) is 5.02. The first-order valence-corrected chi connectivity index (χ1v) is 28.2. The maximum atomic E-state index is 13.6. The Morgan fingerprint density at radius 2 is 1.15 bits per heavy atom. The van der Waals surface area contributed by atoms with Gasteiger partial charge in [0.15, 0.2) is 0 Å². The molecule has 29 heteroatoms. The predicted octanol–water partition coefficient (Wildman–Crippen LogP) is 9.69. The summed E-state index contributed by atoms with van der Waals surface area (Å²) in [6.45, 7) is 3.16. The van der Waals surface area contributed by atoms with E-state index in [0.29, 0.717) is 87.2 Å². The highest BCUT2D eigenvalue weighted by molar-refractivity contribution is 7.19. The van der Waals surface area contributed by atoms with Crippen molar-refractivity contribution in [3.8, 4) is 28.7 Å². The van der Waals surface area contributed by atoms with Crippen LogP contribution in [0.1, 0.15) is 58.0 Å². The second-order valence-corrected chi connectivity index (χ2v) is 21.7. The minimum atomic E-state index is -4.85. The molecule has 21 nitrogen and oxygen atoms in total. The minimum absolute atomic E-state index is 0.0604. The topological polar surface area (TPSA) is 259 Å². The van der Waals surface area contributed by atoms with Crippen LogP contribution in [-0.4, -0.2) is 105 Å². The number of pyridine rings is 3. The van der Waals surface area contributed by atoms with Crippen LogP contribution in [0, 0.1) is 11.3 Å². The number of hydrogen-bond acceptors (Lipinski definition) is 19. The van der Waals surface area contributed by atoms with Crippen molar-refractivity contribution in [1.29, 1.82) is 5.26 Å². The highest BCUT2D eigenvalue weighted by Gasteiger charge is 2.32. The molecular weight excluding hydrogens is 1170 g/mol. The molecule has 10 rings (SSSR count). The lowest BCUT2D eigenvalue weighted by Gasteiger charge is -2.36. The molecule has 0 radical (unpaired) electrons. The van der Waals surface area contributed by atoms with E-state index < -0.39 is 36.0 Å². The number of carbonyl (C=O) groups is 4. The third-order valence-electron chi connectivity index (χ3n) is 13.5. The van der Waals surface area contributed by atoms with Crippen LogP contribution in [0.2, 0.25) is 0 Å². The van der Waals surface area contributed by atoms with E-state index in [1.807, 2.05) is 11.0 Å². The van der Waals surface area contributed by atoms with Gasteiger partial charge in [-0.1, -0.05) is 53.0 Å². The fraction of sp³-hybridized carbons (Fsp3) is 0.263. The quantitative estimate of drug-likeness (QED) is 0.0549. The van der Waals surface area contributed by atoms with Gasteiger partial charge in [0, 0.05) is 50.1 Å². The van der Waals surface area contributed by atoms with Crippen molar-refractivity contribution in [1.82, 2.24) is 35.3 Å². The molecule has 2 aliphatic rings. The molecule has 86 heavy (non-hydrogen) atoms. The maximum Gasteiger partial charge on any atom is 0.573 e. The summed E-state index contributed by atoms with van der Waals surface area (Å²) in [7, 11) is 0. The van der Waals surface area contributed by atoms with Crippen LogP contribution in [0.3, 0.4) is 0 Å². The van der Waals surface area contributed by atoms with Crippen LogP contribution in [0.15, 0.2) is 122 Å². The van der Waals surface area contributed by atoms with Crippen molar-refractivity contribution < 1.29 is 55.0 Å². The van der Waals surface area contributed by atoms with Crippen molar-refractivity contribution in [2.75, 3.05) is 68.8 Å². The lowest BCUT2D eigenvalue weighted by atomic mass is 9.95. The van der Waals surface area contributed by atoms with Crippen LogP contribution in [0.4, 0.5) is 64.7 Å². The van der Waals surface area contributed by atoms with Crippen LogP contribution >= 0.6 is 22.7 Å². The Labute approximate surface area is 494 Å². The van der Waals surface area contributed by atoms with Crippen LogP contribution < -0.4 is 45.4 Å². The van der Waals surface area contributed by atoms with E-state index in [0.717, 1.165) is 59.9 Å². The van der Waals surface area contributed by atoms with E-state index in [1.165, 1.54) is 46.9 Å². The van der Waals surface area contributed by atoms with E-state index in [4.69, 9.17) is 0 Å². The third-order valence-corrected chi connectivity index (χ3v) is 15.4. The average molecular weight is 1220 g/mol. The molecule has 4 amide bonds. The van der Waals surface area contributed by atoms with Crippen molar-refractivity contribution in [3.05, 3.63) is 155 Å². The number of benzene rings is 3. The molecule has 2 saturated heterocycles. The monoisotopic (exact) mass is 1220 g/mol. The van der Waals surface area contributed by atoms with Gasteiger partial charge in [0.05, 0.1) is 67.8 Å². The standard InChI is InChI=1S/C57H49F6N15O6S2/c58-56(59,60)83-43-6-1-4-34(22-43)24-48(79)68-46-12-9-41(31-66-46)76-18-14-38(15-19-76)52-72-73-53(85-52)71-51(82)27-39-20-36(28-64)8-11-45(39)40-21-37(29-65-30-40)26-50(81)70-54-74-75-55(86-54)78-17-3-16-77(33-78)42-10-13-47(67-32-42)69-49(80)25-35-5-2-7-44(23-35)84-57(61,62)63/h1-2,4-13,20-23,29-32,38H,3,14-19,24-27,33H2,(H,66,68,79)(H,67,69,80)(H,70,74,81)(H,71,73,82). The average Bonchev–Trinajstić information content (AvgIpc) is 4.07. The number of hydrogen-bond donors (Lipinski definition) is 4. The molecule has 442 valence electrons. The molecule has 0 aliphatic carbocycles. The third kappa shape index (κ3) is 16.5. The Bertz CT molecular complexity index is 3780. The second-order valence-electron chi connectivity index (χ2n) is 19.8. The molecule has 0 saturated carbocycles. The van der Waals surface area contributed by atoms with Gasteiger partial charge in [-0.15, -0.1) is 46.7 Å². The molecule has 7 heterocycles. The maximum absolute atomic E-state index is 13.6. The summed E-state index contributed by atoms with van der Waals surface area (Å²) in [5, 5.41) is 40.0. The van der Waals surface area contributed by atoms with Crippen LogP contribution in [0.5, 0.6) is 11.5 Å². The Kier molecular flexibility index (Phi) is 18.2. The van der Waals surface area contributed by atoms with Gasteiger partial charge in [-0.3, -0.25) is 24.2 Å². The number of piperidine rings is 1. The number of rotatable bonds is 19. The summed E-state index contributed by atoms with van der Waals surface area (Å²) in [6, 6.07) is 26.2. The molecule has 0 unspecified atom stereocenters. The highest BCUT2D eigenvalue weighted by atomic mass is 32.1. The van der Waals surface area contributed by atoms with Gasteiger partial charge in [0.1, 0.15) is 28.1 Å². The highest BCUT2D eigenvalue weighted by Crippen LogP contribution is 2.35. The van der Waals surface area contributed by atoms with Gasteiger partial charge in [-0.05, 0) is 114 Å². The second kappa shape index (κ2) is 26.4. The molecule has 2 aliphatic heterocycles. The number of nitrogens with one attached hydrogen (secondary N) is 4. The SMILES string of the molecule is N#Cc1ccc(-c2cncc(CC(=O)Nc3nnc(N4CCCN(c5ccc(NC(=O)Cc6cccc(OC(F)(F)F)c6)nc5)C4)s3)c2)c(CC(=O)Nc2nnc(C3CCN(c4ccc(NC(=O)Cc5cccc(OC(F)(F)F)c5)nc4)CC3)s2)c1. The molecule has 5 aromatic heterocycles. The van der Waals surface area contributed by atoms with Crippen molar-refractivity contribution in [2.24, 2.45) is 0 Å². The lowest BCUT2D eigenvalue weighted by Crippen LogP contribution is -2.45. The van der Waals surface area contributed by atoms with Crippen molar-refractivity contribution >= 4 is 84.7 Å². The number of amides is 4. The minimum Gasteiger partial charge on any atom is -0.406 e. The first kappa shape index (κ1) is 59.3. The van der Waals surface area contributed by atoms with E-state index in [-0.39, 0.29) is 55.1 Å². The smallest absolute Gasteiger partial charge is 0.406 e. The summed E-state index contributed by atoms with van der Waals surface area (Å²) in [5.74, 6) is -1.88. The van der Waals surface area contributed by atoms with E-state index in [2.05, 4.69) is 82.0 Å². The Balaban J connectivity index is 0.678. The van der Waals surface area contributed by atoms with E-state index in [1.54, 1.807) is 67.3 Å². The Morgan fingerprint density at radius 1 is 0.581 bits per heavy atom. The van der Waals surface area contributed by atoms with Crippen molar-refractivity contribution in [3.63, 3.8) is 0 Å². The summed E-state index contributed by atoms with van der Waals surface area (Å²) in [4.78, 5) is 71.7. The normalized spacial score (nSPS) is 13.8. The lowest BCUT2D eigenvalue weighted by molar-refractivity contribution is -0.275. The zero-order valence-corrected chi connectivity index (χ0v) is 46.7. The zero-order chi connectivity index (χ0) is 60.4. The number of alkyl halides is 6. The van der Waals surface area contributed by atoms with Gasteiger partial charge >= 0.3 is 12.7 Å². The van der Waals surface area contributed by atoms with Gasteiger partial charge in [-0.2, -0.15) is 5.26 Å². The first-order chi connectivity index (χ1) is 41.3. The molecule has 0 spiro atoms. The van der Waals surface area contributed by atoms with Gasteiger partial charge < -0.3 is 45.4 Å². The molecule has 0 atom stereocenters. The molecule has 3 aromatic carbocycles. The van der Waals surface area contributed by atoms with E-state index >= 15 is 0 Å². The summed E-state index contributed by atoms with van der Waals surface area (Å²) < 4.78 is 83.8. The molecule has 2 fully saturated rings. The Morgan fingerprint density at radius 3 is 1.76 bits per heavy atom. The molecule has 4 N–H and O–H groups in total. The molecule has 8 aromatic rings. The number of nitriles is 1. The van der Waals surface area contributed by atoms with Gasteiger partial charge in [0.25, 0.3) is 0 Å². The van der Waals surface area contributed by atoms with Crippen molar-refractivity contribution in [2.45, 2.75) is 63.6 Å². The predicted molar refractivity (Wildman–Crippen MR) is 307 cm³/mol. The number of ether oxygens (including phenoxy) is 2. The number of nitrogens with zero attached hydrogens (tertiary/aromatic N) is 11. The largest absolute Gasteiger partial charge is 0.573 e. The number of anilines is 7. The summed E-state index contributed by atoms with van der Waals surface area (Å²) >= 11 is 2.50. The van der Waals surface area contributed by atoms with Crippen LogP contribution in [-0.2, 0) is 44.9 Å². The van der Waals surface area contributed by atoms with Gasteiger partial charge in [0.2, 0.25) is 39.0 Å². The molecule has 0 bridgehead atoms. The zero-order valence-electron chi connectivity index (χ0n) is 45.1. The number of halogens is 6. The Hall–Kier alpha value is -9.82. The first-order valence-electron chi connectivity index (χ1n) is 26.5. The summed E-state index contributed by atoms with van der Waals surface area (Å²) in [6.07, 6.45) is -1.57. The van der Waals surface area contributed by atoms with Crippen LogP contribution in [0.25, 0.3) is 11.1 Å². The fourth-order valence-electron chi connectivity index (χ4n) is 9.65. The fourth-order valence-corrected chi connectivity index (χ4v) is 11.4. The van der Waals surface area contributed by atoms with E-state index in [9.17, 15) is 50.8 Å².